The van der Waals surface area contributed by atoms with Crippen LogP contribution in [0.25, 0.3) is 0 Å². The van der Waals surface area contributed by atoms with E-state index >= 15 is 0 Å². The summed E-state index contributed by atoms with van der Waals surface area (Å²) in [6.07, 6.45) is 2.07. The number of hydrogen-bond acceptors (Lipinski definition) is 2. The van der Waals surface area contributed by atoms with E-state index in [1.54, 1.807) is 0 Å². The van der Waals surface area contributed by atoms with Gasteiger partial charge in [0.25, 0.3) is 0 Å². The molecule has 1 unspecified atom stereocenters. The Labute approximate surface area is 63.4 Å². The second-order valence-corrected chi connectivity index (χ2v) is 3.15. The van der Waals surface area contributed by atoms with Gasteiger partial charge in [0.15, 0.2) is 0 Å². The van der Waals surface area contributed by atoms with Gasteiger partial charge in [-0.2, -0.15) is 0 Å². The predicted octanol–water partition coefficient (Wildman–Crippen LogP) is 1.13. The van der Waals surface area contributed by atoms with E-state index in [4.69, 9.17) is 10.8 Å². The molecule has 0 aromatic carbocycles. The lowest BCUT2D eigenvalue weighted by Crippen LogP contribution is -2.41. The molecule has 0 aliphatic heterocycles. The van der Waals surface area contributed by atoms with Crippen molar-refractivity contribution < 1.29 is 5.11 Å². The van der Waals surface area contributed by atoms with Gasteiger partial charge in [0, 0.05) is 6.04 Å². The van der Waals surface area contributed by atoms with Gasteiger partial charge in [-0.15, -0.1) is 0 Å². The molecule has 0 rings (SSSR count). The third-order valence-corrected chi connectivity index (χ3v) is 2.71. The van der Waals surface area contributed by atoms with Crippen LogP contribution in [-0.2, 0) is 0 Å². The van der Waals surface area contributed by atoms with E-state index in [1.165, 1.54) is 0 Å². The van der Waals surface area contributed by atoms with Gasteiger partial charge in [0.05, 0.1) is 6.61 Å². The first-order valence-electron chi connectivity index (χ1n) is 3.97. The molecule has 0 heterocycles. The molecule has 0 fully saturated rings. The van der Waals surface area contributed by atoms with E-state index in [1.807, 2.05) is 0 Å². The number of nitrogens with two attached hydrogens (primary N) is 1. The maximum absolute atomic E-state index is 8.81. The van der Waals surface area contributed by atoms with Gasteiger partial charge in [-0.1, -0.05) is 20.8 Å². The maximum atomic E-state index is 8.81. The van der Waals surface area contributed by atoms with Crippen molar-refractivity contribution in [1.82, 2.24) is 0 Å². The summed E-state index contributed by atoms with van der Waals surface area (Å²) in [5, 5.41) is 8.81. The Morgan fingerprint density at radius 2 is 1.80 bits per heavy atom. The smallest absolute Gasteiger partial charge is 0.0587 e. The predicted molar refractivity (Wildman–Crippen MR) is 43.8 cm³/mol. The van der Waals surface area contributed by atoms with Crippen molar-refractivity contribution in [3.8, 4) is 0 Å². The summed E-state index contributed by atoms with van der Waals surface area (Å²) in [5.41, 5.74) is 5.84. The number of aliphatic hydroxyl groups is 1. The summed E-state index contributed by atoms with van der Waals surface area (Å²) in [5.74, 6) is 0. The Kier molecular flexibility index (Phi) is 3.91. The zero-order valence-electron chi connectivity index (χ0n) is 7.22. The van der Waals surface area contributed by atoms with E-state index in [0.29, 0.717) is 0 Å². The van der Waals surface area contributed by atoms with Crippen molar-refractivity contribution in [1.29, 1.82) is 0 Å². The summed E-state index contributed by atoms with van der Waals surface area (Å²) < 4.78 is 0. The lowest BCUT2D eigenvalue weighted by Gasteiger charge is -2.32. The zero-order valence-corrected chi connectivity index (χ0v) is 7.22. The minimum atomic E-state index is -0.0671. The first kappa shape index (κ1) is 9.92. The van der Waals surface area contributed by atoms with Gasteiger partial charge in [-0.05, 0) is 18.3 Å². The molecule has 62 valence electrons. The molecule has 0 bridgehead atoms. The molecule has 0 radical (unpaired) electrons. The molecule has 0 aromatic rings. The highest BCUT2D eigenvalue weighted by atomic mass is 16.3. The maximum Gasteiger partial charge on any atom is 0.0587 e. The van der Waals surface area contributed by atoms with Crippen LogP contribution in [0.4, 0.5) is 0 Å². The van der Waals surface area contributed by atoms with E-state index < -0.39 is 0 Å². The van der Waals surface area contributed by atoms with Crippen LogP contribution < -0.4 is 5.73 Å². The molecule has 0 saturated heterocycles. The van der Waals surface area contributed by atoms with E-state index in [9.17, 15) is 0 Å². The topological polar surface area (TPSA) is 46.2 Å². The van der Waals surface area contributed by atoms with Crippen LogP contribution in [0, 0.1) is 5.41 Å². The Morgan fingerprint density at radius 3 is 1.90 bits per heavy atom. The van der Waals surface area contributed by atoms with E-state index in [2.05, 4.69) is 20.8 Å². The minimum Gasteiger partial charge on any atom is -0.395 e. The molecule has 3 N–H and O–H groups in total. The van der Waals surface area contributed by atoms with Crippen LogP contribution in [0.1, 0.15) is 33.6 Å². The summed E-state index contributed by atoms with van der Waals surface area (Å²) in [4.78, 5) is 0. The van der Waals surface area contributed by atoms with Crippen LogP contribution in [0.2, 0.25) is 0 Å². The van der Waals surface area contributed by atoms with Gasteiger partial charge < -0.3 is 10.8 Å². The highest BCUT2D eigenvalue weighted by molar-refractivity contribution is 4.82. The molecule has 0 aromatic heterocycles. The average Bonchev–Trinajstić information content (AvgIpc) is 2.01. The minimum absolute atomic E-state index is 0.0671. The van der Waals surface area contributed by atoms with Gasteiger partial charge in [0.1, 0.15) is 0 Å². The second-order valence-electron chi connectivity index (χ2n) is 3.15. The molecular weight excluding hydrogens is 126 g/mol. The van der Waals surface area contributed by atoms with Crippen LogP contribution >= 0.6 is 0 Å². The number of aliphatic hydroxyl groups excluding tert-OH is 1. The van der Waals surface area contributed by atoms with Crippen LogP contribution in [0.3, 0.4) is 0 Å². The van der Waals surface area contributed by atoms with Gasteiger partial charge in [-0.25, -0.2) is 0 Å². The van der Waals surface area contributed by atoms with Gasteiger partial charge in [0.2, 0.25) is 0 Å². The molecule has 1 atom stereocenters. The summed E-state index contributed by atoms with van der Waals surface area (Å²) in [6, 6.07) is -0.0671. The van der Waals surface area contributed by atoms with Gasteiger partial charge >= 0.3 is 0 Å². The van der Waals surface area contributed by atoms with Gasteiger partial charge in [-0.3, -0.25) is 0 Å². The lowest BCUT2D eigenvalue weighted by molar-refractivity contribution is 0.150. The van der Waals surface area contributed by atoms with Crippen molar-refractivity contribution in [2.45, 2.75) is 39.7 Å². The summed E-state index contributed by atoms with van der Waals surface area (Å²) in [6.45, 7) is 6.43. The quantitative estimate of drug-likeness (QED) is 0.623. The van der Waals surface area contributed by atoms with Crippen LogP contribution in [0.5, 0.6) is 0 Å². The average molecular weight is 145 g/mol. The molecule has 2 nitrogen and oxygen atoms in total. The summed E-state index contributed by atoms with van der Waals surface area (Å²) >= 11 is 0. The van der Waals surface area contributed by atoms with Crippen molar-refractivity contribution >= 4 is 0 Å². The Hall–Kier alpha value is -0.0800. The van der Waals surface area contributed by atoms with E-state index in [-0.39, 0.29) is 18.1 Å². The SMILES string of the molecule is CCC(C)(CC)C(N)CO. The highest BCUT2D eigenvalue weighted by Gasteiger charge is 2.26. The van der Waals surface area contributed by atoms with Crippen molar-refractivity contribution in [3.63, 3.8) is 0 Å². The van der Waals surface area contributed by atoms with Crippen molar-refractivity contribution in [3.05, 3.63) is 0 Å². The second kappa shape index (κ2) is 3.94. The Morgan fingerprint density at radius 1 is 1.40 bits per heavy atom. The number of rotatable bonds is 4. The molecule has 0 aliphatic rings. The highest BCUT2D eigenvalue weighted by Crippen LogP contribution is 2.27. The third kappa shape index (κ3) is 1.96. The molecule has 2 heteroatoms. The fourth-order valence-electron chi connectivity index (χ4n) is 0.995. The molecule has 0 amide bonds. The fraction of sp³-hybridized carbons (Fsp3) is 1.00. The fourth-order valence-corrected chi connectivity index (χ4v) is 0.995. The third-order valence-electron chi connectivity index (χ3n) is 2.71. The normalized spacial score (nSPS) is 15.3. The molecule has 0 saturated carbocycles. The first-order chi connectivity index (χ1) is 4.60. The monoisotopic (exact) mass is 145 g/mol. The molecule has 10 heavy (non-hydrogen) atoms. The molecule has 0 aliphatic carbocycles. The Balaban J connectivity index is 4.02. The standard InChI is InChI=1S/C8H19NO/c1-4-8(3,5-2)7(9)6-10/h7,10H,4-6,9H2,1-3H3. The number of hydrogen-bond donors (Lipinski definition) is 2. The molecule has 0 spiro atoms. The Bertz CT molecular complexity index is 89.3. The zero-order chi connectivity index (χ0) is 8.20. The largest absolute Gasteiger partial charge is 0.395 e. The molecular formula is C8H19NO. The van der Waals surface area contributed by atoms with E-state index in [0.717, 1.165) is 12.8 Å². The van der Waals surface area contributed by atoms with Crippen molar-refractivity contribution in [2.75, 3.05) is 6.61 Å². The van der Waals surface area contributed by atoms with Crippen LogP contribution in [0.15, 0.2) is 0 Å². The summed E-state index contributed by atoms with van der Waals surface area (Å²) in [7, 11) is 0. The van der Waals surface area contributed by atoms with Crippen molar-refractivity contribution in [2.24, 2.45) is 11.1 Å². The van der Waals surface area contributed by atoms with Crippen LogP contribution in [-0.4, -0.2) is 17.8 Å². The first-order valence-corrected chi connectivity index (χ1v) is 3.97. The lowest BCUT2D eigenvalue weighted by atomic mass is 9.78.